The summed E-state index contributed by atoms with van der Waals surface area (Å²) >= 11 is 0. The fourth-order valence-electron chi connectivity index (χ4n) is 4.32. The van der Waals surface area contributed by atoms with Crippen molar-refractivity contribution in [1.29, 1.82) is 0 Å². The molecule has 0 heterocycles. The number of rotatable bonds is 25. The molecule has 0 spiro atoms. The van der Waals surface area contributed by atoms with E-state index in [1.54, 1.807) is 13.8 Å². The van der Waals surface area contributed by atoms with Crippen molar-refractivity contribution in [1.82, 2.24) is 26.6 Å². The molecule has 5 amide bonds. The first-order chi connectivity index (χ1) is 23.8. The summed E-state index contributed by atoms with van der Waals surface area (Å²) < 4.78 is 0. The van der Waals surface area contributed by atoms with E-state index in [-0.39, 0.29) is 44.3 Å². The zero-order valence-corrected chi connectivity index (χ0v) is 29.1. The monoisotopic (exact) mass is 730 g/mol. The quantitative estimate of drug-likeness (QED) is 0.0237. The number of carbonyl (C=O) groups excluding carboxylic acids is 5. The number of nitrogens with zero attached hydrogens (tertiary/aromatic N) is 2. The molecule has 0 aliphatic heterocycles. The molecule has 0 saturated heterocycles. The predicted molar refractivity (Wildman–Crippen MR) is 184 cm³/mol. The Morgan fingerprint density at radius 2 is 1.12 bits per heavy atom. The molecule has 0 aromatic heterocycles. The average molecular weight is 731 g/mol. The first-order valence-corrected chi connectivity index (χ1v) is 16.3. The molecule has 0 rings (SSSR count). The molecule has 290 valence electrons. The van der Waals surface area contributed by atoms with Crippen molar-refractivity contribution in [3.05, 3.63) is 0 Å². The second-order valence-electron chi connectivity index (χ2n) is 11.7. The summed E-state index contributed by atoms with van der Waals surface area (Å²) in [6.45, 7) is 3.92. The lowest BCUT2D eigenvalue weighted by atomic mass is 9.99. The van der Waals surface area contributed by atoms with Gasteiger partial charge in [-0.15, -0.1) is 0 Å². The summed E-state index contributed by atoms with van der Waals surface area (Å²) in [5, 5.41) is 40.2. The summed E-state index contributed by atoms with van der Waals surface area (Å²) in [5.41, 5.74) is 27.2. The van der Waals surface area contributed by atoms with Crippen LogP contribution in [0.3, 0.4) is 0 Å². The lowest BCUT2D eigenvalue weighted by molar-refractivity contribution is -0.144. The van der Waals surface area contributed by atoms with Gasteiger partial charge in [0.15, 0.2) is 11.9 Å². The van der Waals surface area contributed by atoms with Crippen molar-refractivity contribution in [2.75, 3.05) is 19.7 Å². The maximum Gasteiger partial charge on any atom is 0.326 e. The molecule has 22 heteroatoms. The number of guanidine groups is 2. The van der Waals surface area contributed by atoms with Crippen molar-refractivity contribution in [3.63, 3.8) is 0 Å². The number of nitrogens with one attached hydrogen (secondary N) is 5. The van der Waals surface area contributed by atoms with Crippen LogP contribution in [0.5, 0.6) is 0 Å². The van der Waals surface area contributed by atoms with Crippen LogP contribution in [0, 0.1) is 5.92 Å². The SMILES string of the molecule is CC[C@H](C)[C@H](NC(=O)[C@H](C)NC(=O)[C@H](CO)NC(=O)[C@H](CCC(=O)O)NC(=O)[C@H](CCCN=C(N)N)NC(=O)[C@@H](N)CCCN=C(N)N)C(=O)O. The minimum Gasteiger partial charge on any atom is -0.481 e. The Labute approximate surface area is 295 Å². The number of nitrogens with two attached hydrogens (primary N) is 5. The normalized spacial score (nSPS) is 14.8. The van der Waals surface area contributed by atoms with E-state index in [0.29, 0.717) is 12.8 Å². The number of aliphatic hydroxyl groups excluding tert-OH is 1. The maximum atomic E-state index is 13.4. The highest BCUT2D eigenvalue weighted by Gasteiger charge is 2.32. The fourth-order valence-corrected chi connectivity index (χ4v) is 4.32. The van der Waals surface area contributed by atoms with Crippen LogP contribution in [0.4, 0.5) is 0 Å². The summed E-state index contributed by atoms with van der Waals surface area (Å²) in [7, 11) is 0. The minimum absolute atomic E-state index is 0.0380. The van der Waals surface area contributed by atoms with Crippen molar-refractivity contribution in [3.8, 4) is 0 Å². The number of hydrogen-bond acceptors (Lipinski definition) is 11. The average Bonchev–Trinajstić information content (AvgIpc) is 3.05. The molecule has 18 N–H and O–H groups in total. The molecule has 22 nitrogen and oxygen atoms in total. The molecule has 0 aliphatic carbocycles. The summed E-state index contributed by atoms with van der Waals surface area (Å²) in [4.78, 5) is 95.5. The van der Waals surface area contributed by atoms with Crippen LogP contribution in [-0.4, -0.2) is 125 Å². The number of amides is 5. The number of carboxylic acids is 2. The van der Waals surface area contributed by atoms with E-state index in [0.717, 1.165) is 0 Å². The highest BCUT2D eigenvalue weighted by Crippen LogP contribution is 2.09. The Morgan fingerprint density at radius 1 is 0.647 bits per heavy atom. The van der Waals surface area contributed by atoms with Crippen LogP contribution in [-0.2, 0) is 33.6 Å². The first-order valence-electron chi connectivity index (χ1n) is 16.3. The van der Waals surface area contributed by atoms with Gasteiger partial charge in [-0.1, -0.05) is 20.3 Å². The topological polar surface area (TPSA) is 395 Å². The van der Waals surface area contributed by atoms with Crippen LogP contribution < -0.4 is 55.3 Å². The number of aliphatic hydroxyl groups is 1. The molecule has 0 radical (unpaired) electrons. The van der Waals surface area contributed by atoms with Crippen LogP contribution >= 0.6 is 0 Å². The molecular weight excluding hydrogens is 676 g/mol. The standard InChI is InChI=1S/C29H54N12O10/c1-4-14(2)21(27(50)51)41-22(45)15(3)37-26(49)19(13-42)40-25(48)18(9-10-20(43)44)39-24(47)17(8-6-12-36-29(33)34)38-23(46)16(30)7-5-11-35-28(31)32/h14-19,21,42H,4-13,30H2,1-3H3,(H,37,49)(H,38,46)(H,39,47)(H,40,48)(H,41,45)(H,43,44)(H,50,51)(H4,31,32,35)(H4,33,34,36)/t14-,15-,16-,17-,18-,19-,21-/m0/s1. The zero-order valence-electron chi connectivity index (χ0n) is 29.1. The molecule has 0 bridgehead atoms. The van der Waals surface area contributed by atoms with Crippen molar-refractivity contribution in [2.45, 2.75) is 102 Å². The van der Waals surface area contributed by atoms with E-state index in [1.807, 2.05) is 0 Å². The summed E-state index contributed by atoms with van der Waals surface area (Å²) in [6, 6.07) is -8.14. The Hall–Kier alpha value is -5.25. The number of hydrogen-bond donors (Lipinski definition) is 13. The van der Waals surface area contributed by atoms with E-state index in [4.69, 9.17) is 28.7 Å². The number of carboxylic acid groups (broad SMARTS) is 2. The summed E-state index contributed by atoms with van der Waals surface area (Å²) in [5.74, 6) is -7.93. The second kappa shape index (κ2) is 24.0. The van der Waals surface area contributed by atoms with E-state index >= 15 is 0 Å². The van der Waals surface area contributed by atoms with Gasteiger partial charge in [0.05, 0.1) is 12.6 Å². The number of aliphatic carboxylic acids is 2. The van der Waals surface area contributed by atoms with Crippen molar-refractivity contribution < 1.29 is 48.9 Å². The molecular formula is C29H54N12O10. The second-order valence-corrected chi connectivity index (χ2v) is 11.7. The van der Waals surface area contributed by atoms with Crippen LogP contribution in [0.2, 0.25) is 0 Å². The van der Waals surface area contributed by atoms with E-state index in [9.17, 15) is 48.9 Å². The molecule has 51 heavy (non-hydrogen) atoms. The van der Waals surface area contributed by atoms with E-state index < -0.39 is 103 Å². The van der Waals surface area contributed by atoms with Gasteiger partial charge < -0.3 is 70.6 Å². The van der Waals surface area contributed by atoms with Crippen LogP contribution in [0.25, 0.3) is 0 Å². The van der Waals surface area contributed by atoms with Gasteiger partial charge in [0.1, 0.15) is 30.2 Å². The Balaban J connectivity index is 5.85. The smallest absolute Gasteiger partial charge is 0.326 e. The molecule has 0 aromatic carbocycles. The van der Waals surface area contributed by atoms with Gasteiger partial charge in [-0.25, -0.2) is 4.79 Å². The molecule has 7 atom stereocenters. The lowest BCUT2D eigenvalue weighted by Gasteiger charge is -2.26. The van der Waals surface area contributed by atoms with E-state index in [1.165, 1.54) is 6.92 Å². The maximum absolute atomic E-state index is 13.4. The van der Waals surface area contributed by atoms with Gasteiger partial charge in [-0.05, 0) is 44.9 Å². The first kappa shape index (κ1) is 45.8. The zero-order chi connectivity index (χ0) is 39.3. The summed E-state index contributed by atoms with van der Waals surface area (Å²) in [6.07, 6.45) is 0.0173. The van der Waals surface area contributed by atoms with Gasteiger partial charge in [0.2, 0.25) is 29.5 Å². The highest BCUT2D eigenvalue weighted by atomic mass is 16.4. The van der Waals surface area contributed by atoms with Crippen LogP contribution in [0.1, 0.15) is 65.7 Å². The lowest BCUT2D eigenvalue weighted by Crippen LogP contribution is -2.59. The Kier molecular flexibility index (Phi) is 21.5. The number of aliphatic imine (C=N–C) groups is 2. The van der Waals surface area contributed by atoms with Gasteiger partial charge in [-0.3, -0.25) is 38.8 Å². The Morgan fingerprint density at radius 3 is 1.59 bits per heavy atom. The molecule has 0 unspecified atom stereocenters. The molecule has 0 aliphatic rings. The third kappa shape index (κ3) is 18.9. The molecule has 0 fully saturated rings. The van der Waals surface area contributed by atoms with Crippen molar-refractivity contribution in [2.24, 2.45) is 44.6 Å². The van der Waals surface area contributed by atoms with Gasteiger partial charge >= 0.3 is 11.9 Å². The third-order valence-electron chi connectivity index (χ3n) is 7.51. The van der Waals surface area contributed by atoms with Crippen LogP contribution in [0.15, 0.2) is 9.98 Å². The molecule has 0 saturated carbocycles. The van der Waals surface area contributed by atoms with E-state index in [2.05, 4.69) is 36.6 Å². The third-order valence-corrected chi connectivity index (χ3v) is 7.51. The molecule has 0 aromatic rings. The van der Waals surface area contributed by atoms with Gasteiger partial charge in [0, 0.05) is 19.5 Å². The Bertz CT molecular complexity index is 1260. The minimum atomic E-state index is -1.67. The predicted octanol–water partition coefficient (Wildman–Crippen LogP) is -5.15. The van der Waals surface area contributed by atoms with Gasteiger partial charge in [0.25, 0.3) is 0 Å². The van der Waals surface area contributed by atoms with Crippen molar-refractivity contribution >= 4 is 53.4 Å². The van der Waals surface area contributed by atoms with Gasteiger partial charge in [-0.2, -0.15) is 0 Å². The fraction of sp³-hybridized carbons (Fsp3) is 0.690. The number of carbonyl (C=O) groups is 7. The largest absolute Gasteiger partial charge is 0.481 e. The highest BCUT2D eigenvalue weighted by molar-refractivity contribution is 5.96.